The standard InChI is InChI=1S/C27H42O2/c1-4-7-11-24(20-21-27(28)29-26-12-9-8-10-13-26)25-18-16-23(17-19-25)15-14-22(5-2)6-3/h8-10,12-13,18,22-24H,4-7,11,14-17,19-21H2,1-3H3. The number of esters is 1. The van der Waals surface area contributed by atoms with Crippen LogP contribution in [0.2, 0.25) is 0 Å². The maximum atomic E-state index is 12.3. The Morgan fingerprint density at radius 3 is 2.45 bits per heavy atom. The minimum absolute atomic E-state index is 0.0999. The lowest BCUT2D eigenvalue weighted by molar-refractivity contribution is -0.134. The first-order valence-electron chi connectivity index (χ1n) is 12.1. The van der Waals surface area contributed by atoms with Gasteiger partial charge in [0.2, 0.25) is 0 Å². The summed E-state index contributed by atoms with van der Waals surface area (Å²) in [7, 11) is 0. The summed E-state index contributed by atoms with van der Waals surface area (Å²) in [5.41, 5.74) is 1.62. The van der Waals surface area contributed by atoms with Gasteiger partial charge in [-0.3, -0.25) is 4.79 Å². The number of hydrogen-bond acceptors (Lipinski definition) is 2. The van der Waals surface area contributed by atoms with Crippen LogP contribution in [0.25, 0.3) is 0 Å². The molecule has 0 aliphatic heterocycles. The van der Waals surface area contributed by atoms with Gasteiger partial charge in [0.25, 0.3) is 0 Å². The van der Waals surface area contributed by atoms with E-state index in [-0.39, 0.29) is 5.97 Å². The molecule has 2 atom stereocenters. The van der Waals surface area contributed by atoms with Crippen LogP contribution in [0.1, 0.15) is 97.8 Å². The van der Waals surface area contributed by atoms with Crippen molar-refractivity contribution >= 4 is 5.97 Å². The summed E-state index contributed by atoms with van der Waals surface area (Å²) < 4.78 is 5.49. The third-order valence-electron chi connectivity index (χ3n) is 6.79. The fraction of sp³-hybridized carbons (Fsp3) is 0.667. The smallest absolute Gasteiger partial charge is 0.311 e. The number of carbonyl (C=O) groups excluding carboxylic acids is 1. The van der Waals surface area contributed by atoms with E-state index < -0.39 is 0 Å². The lowest BCUT2D eigenvalue weighted by Crippen LogP contribution is -2.16. The van der Waals surface area contributed by atoms with Gasteiger partial charge in [0, 0.05) is 6.42 Å². The summed E-state index contributed by atoms with van der Waals surface area (Å²) in [6.45, 7) is 6.91. The second kappa shape index (κ2) is 13.6. The van der Waals surface area contributed by atoms with E-state index in [2.05, 4.69) is 26.8 Å². The van der Waals surface area contributed by atoms with E-state index in [1.807, 2.05) is 30.3 Å². The summed E-state index contributed by atoms with van der Waals surface area (Å²) in [6.07, 6.45) is 16.9. The number of ether oxygens (including phenoxy) is 1. The van der Waals surface area contributed by atoms with Gasteiger partial charge in [0.15, 0.2) is 0 Å². The molecule has 1 aliphatic carbocycles. The van der Waals surface area contributed by atoms with Crippen LogP contribution in [0.15, 0.2) is 42.0 Å². The van der Waals surface area contributed by atoms with Crippen molar-refractivity contribution in [2.75, 3.05) is 0 Å². The number of carbonyl (C=O) groups is 1. The predicted molar refractivity (Wildman–Crippen MR) is 123 cm³/mol. The average molecular weight is 399 g/mol. The molecule has 2 heteroatoms. The van der Waals surface area contributed by atoms with Crippen molar-refractivity contribution in [1.82, 2.24) is 0 Å². The lowest BCUT2D eigenvalue weighted by atomic mass is 9.78. The Kier molecular flexibility index (Phi) is 11.1. The zero-order chi connectivity index (χ0) is 20.9. The minimum atomic E-state index is -0.0999. The van der Waals surface area contributed by atoms with Crippen LogP contribution in [0, 0.1) is 17.8 Å². The van der Waals surface area contributed by atoms with Crippen molar-refractivity contribution in [2.45, 2.75) is 97.8 Å². The largest absolute Gasteiger partial charge is 0.427 e. The van der Waals surface area contributed by atoms with Crippen LogP contribution < -0.4 is 4.74 Å². The first-order chi connectivity index (χ1) is 14.2. The molecule has 2 rings (SSSR count). The van der Waals surface area contributed by atoms with Gasteiger partial charge in [-0.1, -0.05) is 82.7 Å². The lowest BCUT2D eigenvalue weighted by Gasteiger charge is -2.28. The molecule has 0 amide bonds. The molecule has 0 fully saturated rings. The fourth-order valence-corrected chi connectivity index (χ4v) is 4.64. The predicted octanol–water partition coefficient (Wildman–Crippen LogP) is 8.12. The van der Waals surface area contributed by atoms with Gasteiger partial charge in [-0.15, -0.1) is 0 Å². The fourth-order valence-electron chi connectivity index (χ4n) is 4.64. The molecule has 0 radical (unpaired) electrons. The van der Waals surface area contributed by atoms with Gasteiger partial charge in [0.1, 0.15) is 5.75 Å². The van der Waals surface area contributed by atoms with E-state index in [9.17, 15) is 4.79 Å². The molecule has 0 saturated carbocycles. The van der Waals surface area contributed by atoms with Gasteiger partial charge in [0.05, 0.1) is 0 Å². The van der Waals surface area contributed by atoms with Gasteiger partial charge in [-0.25, -0.2) is 0 Å². The van der Waals surface area contributed by atoms with Crippen LogP contribution in [-0.2, 0) is 4.79 Å². The molecule has 1 aromatic carbocycles. The van der Waals surface area contributed by atoms with Crippen molar-refractivity contribution in [3.8, 4) is 5.75 Å². The highest BCUT2D eigenvalue weighted by molar-refractivity contribution is 5.72. The molecule has 0 heterocycles. The molecule has 0 bridgehead atoms. The summed E-state index contributed by atoms with van der Waals surface area (Å²) in [4.78, 5) is 12.3. The van der Waals surface area contributed by atoms with Crippen LogP contribution in [0.3, 0.4) is 0 Å². The summed E-state index contributed by atoms with van der Waals surface area (Å²) in [5, 5.41) is 0. The molecule has 29 heavy (non-hydrogen) atoms. The molecule has 2 unspecified atom stereocenters. The number of unbranched alkanes of at least 4 members (excludes halogenated alkanes) is 1. The van der Waals surface area contributed by atoms with Crippen molar-refractivity contribution in [3.05, 3.63) is 42.0 Å². The topological polar surface area (TPSA) is 26.3 Å². The van der Waals surface area contributed by atoms with Gasteiger partial charge >= 0.3 is 5.97 Å². The zero-order valence-corrected chi connectivity index (χ0v) is 19.0. The molecule has 0 aromatic heterocycles. The molecule has 0 spiro atoms. The third-order valence-corrected chi connectivity index (χ3v) is 6.79. The number of para-hydroxylation sites is 1. The van der Waals surface area contributed by atoms with Crippen LogP contribution >= 0.6 is 0 Å². The number of rotatable bonds is 13. The van der Waals surface area contributed by atoms with Gasteiger partial charge in [-0.2, -0.15) is 0 Å². The molecule has 0 N–H and O–H groups in total. The van der Waals surface area contributed by atoms with E-state index >= 15 is 0 Å². The summed E-state index contributed by atoms with van der Waals surface area (Å²) in [6, 6.07) is 9.43. The van der Waals surface area contributed by atoms with E-state index in [0.717, 1.165) is 18.3 Å². The summed E-state index contributed by atoms with van der Waals surface area (Å²) >= 11 is 0. The van der Waals surface area contributed by atoms with Crippen molar-refractivity contribution in [3.63, 3.8) is 0 Å². The van der Waals surface area contributed by atoms with E-state index in [1.54, 1.807) is 5.57 Å². The Morgan fingerprint density at radius 2 is 1.83 bits per heavy atom. The number of benzene rings is 1. The quantitative estimate of drug-likeness (QED) is 0.190. The van der Waals surface area contributed by atoms with E-state index in [0.29, 0.717) is 18.1 Å². The Bertz CT molecular complexity index is 600. The SMILES string of the molecule is CCCCC(CCC(=O)Oc1ccccc1)C1=CCC(CCC(CC)CC)CC1. The molecular formula is C27H42O2. The second-order valence-electron chi connectivity index (χ2n) is 8.84. The minimum Gasteiger partial charge on any atom is -0.427 e. The van der Waals surface area contributed by atoms with Gasteiger partial charge in [-0.05, 0) is 68.4 Å². The van der Waals surface area contributed by atoms with Crippen LogP contribution in [0.4, 0.5) is 0 Å². The Morgan fingerprint density at radius 1 is 1.07 bits per heavy atom. The van der Waals surface area contributed by atoms with E-state index in [1.165, 1.54) is 64.2 Å². The average Bonchev–Trinajstić information content (AvgIpc) is 2.76. The van der Waals surface area contributed by atoms with E-state index in [4.69, 9.17) is 4.74 Å². The van der Waals surface area contributed by atoms with Gasteiger partial charge < -0.3 is 4.74 Å². The van der Waals surface area contributed by atoms with Crippen molar-refractivity contribution < 1.29 is 9.53 Å². The highest BCUT2D eigenvalue weighted by Crippen LogP contribution is 2.35. The Balaban J connectivity index is 1.83. The second-order valence-corrected chi connectivity index (χ2v) is 8.84. The molecule has 0 saturated heterocycles. The highest BCUT2D eigenvalue weighted by atomic mass is 16.5. The maximum Gasteiger partial charge on any atom is 0.311 e. The molecular weight excluding hydrogens is 356 g/mol. The molecule has 1 aliphatic rings. The number of allylic oxidation sites excluding steroid dienone is 2. The van der Waals surface area contributed by atoms with Crippen molar-refractivity contribution in [2.24, 2.45) is 17.8 Å². The number of hydrogen-bond donors (Lipinski definition) is 0. The Labute approximate surface area is 179 Å². The third kappa shape index (κ3) is 8.76. The molecule has 162 valence electrons. The maximum absolute atomic E-state index is 12.3. The summed E-state index contributed by atoms with van der Waals surface area (Å²) in [5.74, 6) is 2.89. The Hall–Kier alpha value is -1.57. The first-order valence-corrected chi connectivity index (χ1v) is 12.1. The van der Waals surface area contributed by atoms with Crippen molar-refractivity contribution in [1.29, 1.82) is 0 Å². The van der Waals surface area contributed by atoms with Crippen LogP contribution in [0.5, 0.6) is 5.75 Å². The molecule has 1 aromatic rings. The normalized spacial score (nSPS) is 17.8. The molecule has 2 nitrogen and oxygen atoms in total. The van der Waals surface area contributed by atoms with Crippen LogP contribution in [-0.4, -0.2) is 5.97 Å². The zero-order valence-electron chi connectivity index (χ0n) is 19.0. The highest BCUT2D eigenvalue weighted by Gasteiger charge is 2.22. The monoisotopic (exact) mass is 398 g/mol. The first kappa shape index (κ1) is 23.7.